The summed E-state index contributed by atoms with van der Waals surface area (Å²) in [6.45, 7) is 7.37. The molecule has 1 aliphatic heterocycles. The quantitative estimate of drug-likeness (QED) is 0.618. The Labute approximate surface area is 196 Å². The lowest BCUT2D eigenvalue weighted by atomic mass is 9.92. The Morgan fingerprint density at radius 2 is 1.91 bits per heavy atom. The number of aryl methyl sites for hydroxylation is 1. The minimum atomic E-state index is -0.335. The molecule has 0 aliphatic carbocycles. The highest BCUT2D eigenvalue weighted by Gasteiger charge is 2.26. The van der Waals surface area contributed by atoms with Gasteiger partial charge in [-0.2, -0.15) is 0 Å². The van der Waals surface area contributed by atoms with Gasteiger partial charge in [0.15, 0.2) is 0 Å². The molecular formula is C24H28N4O4S. The maximum Gasteiger partial charge on any atom is 0.266 e. The first-order valence-electron chi connectivity index (χ1n) is 11.0. The Morgan fingerprint density at radius 3 is 2.61 bits per heavy atom. The van der Waals surface area contributed by atoms with Crippen molar-refractivity contribution >= 4 is 39.1 Å². The van der Waals surface area contributed by atoms with E-state index in [1.54, 1.807) is 25.1 Å². The Morgan fingerprint density at radius 1 is 1.21 bits per heavy atom. The molecule has 0 radical (unpaired) electrons. The molecule has 4 rings (SSSR count). The standard InChI is InChI=1S/C24H28N4O4S/c1-14-9-15(2)11-27(10-14)19(29)12-28-13-25-23-20(24(28)31)16(3)21(33-23)22(30)26-17-7-5-6-8-18(17)32-4/h5-8,13-15H,9-12H2,1-4H3,(H,26,30)/t14-,15-/m1/s1. The lowest BCUT2D eigenvalue weighted by Crippen LogP contribution is -2.44. The van der Waals surface area contributed by atoms with E-state index in [9.17, 15) is 14.4 Å². The average molecular weight is 469 g/mol. The van der Waals surface area contributed by atoms with E-state index in [0.29, 0.717) is 57.0 Å². The molecule has 1 aromatic carbocycles. The van der Waals surface area contributed by atoms with Gasteiger partial charge in [0.2, 0.25) is 5.91 Å². The third-order valence-corrected chi connectivity index (χ3v) is 7.20. The van der Waals surface area contributed by atoms with Gasteiger partial charge in [0.25, 0.3) is 11.5 Å². The molecule has 33 heavy (non-hydrogen) atoms. The molecule has 0 spiro atoms. The number of nitrogens with zero attached hydrogens (tertiary/aromatic N) is 3. The van der Waals surface area contributed by atoms with Crippen molar-refractivity contribution < 1.29 is 14.3 Å². The SMILES string of the molecule is COc1ccccc1NC(=O)c1sc2ncn(CC(=O)N3C[C@H](C)C[C@@H](C)C3)c(=O)c2c1C. The molecule has 2 aromatic heterocycles. The predicted molar refractivity (Wildman–Crippen MR) is 129 cm³/mol. The number of ether oxygens (including phenoxy) is 1. The van der Waals surface area contributed by atoms with Crippen molar-refractivity contribution in [2.75, 3.05) is 25.5 Å². The van der Waals surface area contributed by atoms with E-state index in [2.05, 4.69) is 24.1 Å². The van der Waals surface area contributed by atoms with Crippen LogP contribution >= 0.6 is 11.3 Å². The van der Waals surface area contributed by atoms with Crippen LogP contribution in [0.15, 0.2) is 35.4 Å². The molecule has 1 aliphatic rings. The van der Waals surface area contributed by atoms with Crippen molar-refractivity contribution in [3.8, 4) is 5.75 Å². The summed E-state index contributed by atoms with van der Waals surface area (Å²) < 4.78 is 6.64. The monoisotopic (exact) mass is 468 g/mol. The van der Waals surface area contributed by atoms with Crippen molar-refractivity contribution in [2.24, 2.45) is 11.8 Å². The molecule has 0 unspecified atom stereocenters. The van der Waals surface area contributed by atoms with Crippen LogP contribution in [0.5, 0.6) is 5.75 Å². The number of thiophene rings is 1. The van der Waals surface area contributed by atoms with Crippen LogP contribution in [0, 0.1) is 18.8 Å². The normalized spacial score (nSPS) is 18.4. The van der Waals surface area contributed by atoms with Crippen LogP contribution in [-0.2, 0) is 11.3 Å². The van der Waals surface area contributed by atoms with Crippen LogP contribution in [0.4, 0.5) is 5.69 Å². The van der Waals surface area contributed by atoms with Crippen molar-refractivity contribution in [3.63, 3.8) is 0 Å². The number of likely N-dealkylation sites (tertiary alicyclic amines) is 1. The number of hydrogen-bond acceptors (Lipinski definition) is 6. The van der Waals surface area contributed by atoms with Crippen molar-refractivity contribution in [1.29, 1.82) is 0 Å². The van der Waals surface area contributed by atoms with Crippen molar-refractivity contribution in [2.45, 2.75) is 33.7 Å². The summed E-state index contributed by atoms with van der Waals surface area (Å²) in [4.78, 5) is 46.1. The van der Waals surface area contributed by atoms with E-state index >= 15 is 0 Å². The number of hydrogen-bond donors (Lipinski definition) is 1. The number of rotatable bonds is 5. The van der Waals surface area contributed by atoms with Gasteiger partial charge in [0, 0.05) is 13.1 Å². The lowest BCUT2D eigenvalue weighted by Gasteiger charge is -2.35. The molecule has 1 N–H and O–H groups in total. The van der Waals surface area contributed by atoms with Gasteiger partial charge in [-0.1, -0.05) is 26.0 Å². The number of piperidine rings is 1. The minimum Gasteiger partial charge on any atom is -0.495 e. The maximum absolute atomic E-state index is 13.2. The molecule has 1 saturated heterocycles. The summed E-state index contributed by atoms with van der Waals surface area (Å²) in [6, 6.07) is 7.13. The largest absolute Gasteiger partial charge is 0.495 e. The summed E-state index contributed by atoms with van der Waals surface area (Å²) in [7, 11) is 1.54. The average Bonchev–Trinajstić information content (AvgIpc) is 3.12. The third-order valence-electron chi connectivity index (χ3n) is 6.01. The van der Waals surface area contributed by atoms with Crippen LogP contribution in [0.1, 0.15) is 35.5 Å². The molecule has 2 amide bonds. The molecule has 2 atom stereocenters. The predicted octanol–water partition coefficient (Wildman–Crippen LogP) is 3.53. The molecule has 3 aromatic rings. The van der Waals surface area contributed by atoms with Gasteiger partial charge in [-0.05, 0) is 42.9 Å². The molecule has 0 bridgehead atoms. The van der Waals surface area contributed by atoms with Crippen LogP contribution in [0.2, 0.25) is 0 Å². The van der Waals surface area contributed by atoms with Crippen LogP contribution < -0.4 is 15.6 Å². The molecule has 8 nitrogen and oxygen atoms in total. The number of fused-ring (bicyclic) bond motifs is 1. The van der Waals surface area contributed by atoms with E-state index < -0.39 is 0 Å². The van der Waals surface area contributed by atoms with E-state index in [1.807, 2.05) is 11.0 Å². The van der Waals surface area contributed by atoms with E-state index in [0.717, 1.165) is 17.8 Å². The van der Waals surface area contributed by atoms with Gasteiger partial charge >= 0.3 is 0 Å². The van der Waals surface area contributed by atoms with E-state index in [4.69, 9.17) is 4.74 Å². The first-order valence-corrected chi connectivity index (χ1v) is 11.8. The number of amides is 2. The topological polar surface area (TPSA) is 93.5 Å². The molecule has 3 heterocycles. The number of aromatic nitrogens is 2. The highest BCUT2D eigenvalue weighted by molar-refractivity contribution is 7.20. The van der Waals surface area contributed by atoms with E-state index in [1.165, 1.54) is 18.0 Å². The zero-order valence-electron chi connectivity index (χ0n) is 19.3. The zero-order chi connectivity index (χ0) is 23.7. The number of methoxy groups -OCH3 is 1. The molecule has 174 valence electrons. The fourth-order valence-corrected chi connectivity index (χ4v) is 5.56. The van der Waals surface area contributed by atoms with Crippen LogP contribution in [0.3, 0.4) is 0 Å². The number of carbonyl (C=O) groups excluding carboxylic acids is 2. The number of benzene rings is 1. The Balaban J connectivity index is 1.59. The second-order valence-electron chi connectivity index (χ2n) is 8.81. The molecule has 1 fully saturated rings. The highest BCUT2D eigenvalue weighted by Crippen LogP contribution is 2.30. The molecule has 9 heteroatoms. The van der Waals surface area contributed by atoms with Gasteiger partial charge < -0.3 is 15.0 Å². The summed E-state index contributed by atoms with van der Waals surface area (Å²) in [5.41, 5.74) is 0.793. The van der Waals surface area contributed by atoms with Gasteiger partial charge in [0.1, 0.15) is 17.1 Å². The maximum atomic E-state index is 13.2. The van der Waals surface area contributed by atoms with Gasteiger partial charge in [-0.3, -0.25) is 19.0 Å². The van der Waals surface area contributed by atoms with Gasteiger partial charge in [-0.25, -0.2) is 4.98 Å². The Bertz CT molecular complexity index is 1260. The molecule has 0 saturated carbocycles. The second kappa shape index (κ2) is 9.35. The van der Waals surface area contributed by atoms with Gasteiger partial charge in [-0.15, -0.1) is 11.3 Å². The number of anilines is 1. The zero-order valence-corrected chi connectivity index (χ0v) is 20.1. The second-order valence-corrected chi connectivity index (χ2v) is 9.81. The molecular weight excluding hydrogens is 440 g/mol. The first kappa shape index (κ1) is 23.0. The fourth-order valence-electron chi connectivity index (χ4n) is 4.53. The van der Waals surface area contributed by atoms with Gasteiger partial charge in [0.05, 0.1) is 29.4 Å². The summed E-state index contributed by atoms with van der Waals surface area (Å²) >= 11 is 1.16. The lowest BCUT2D eigenvalue weighted by molar-refractivity contribution is -0.134. The van der Waals surface area contributed by atoms with Crippen LogP contribution in [-0.4, -0.2) is 46.5 Å². The van der Waals surface area contributed by atoms with E-state index in [-0.39, 0.29) is 23.9 Å². The number of nitrogens with one attached hydrogen (secondary N) is 1. The summed E-state index contributed by atoms with van der Waals surface area (Å²) in [5.74, 6) is 1.01. The summed E-state index contributed by atoms with van der Waals surface area (Å²) in [6.07, 6.45) is 2.50. The van der Waals surface area contributed by atoms with Crippen LogP contribution in [0.25, 0.3) is 10.2 Å². The smallest absolute Gasteiger partial charge is 0.266 e. The number of para-hydroxylation sites is 2. The van der Waals surface area contributed by atoms with Crippen molar-refractivity contribution in [3.05, 3.63) is 51.4 Å². The minimum absolute atomic E-state index is 0.0563. The highest BCUT2D eigenvalue weighted by atomic mass is 32.1. The Kier molecular flexibility index (Phi) is 6.51. The third kappa shape index (κ3) is 4.64. The van der Waals surface area contributed by atoms with Crippen molar-refractivity contribution in [1.82, 2.24) is 14.5 Å². The fraction of sp³-hybridized carbons (Fsp3) is 0.417. The summed E-state index contributed by atoms with van der Waals surface area (Å²) in [5, 5.41) is 3.22. The first-order chi connectivity index (χ1) is 15.8. The Hall–Kier alpha value is -3.20. The number of carbonyl (C=O) groups is 2.